The van der Waals surface area contributed by atoms with E-state index in [-0.39, 0.29) is 6.10 Å². The van der Waals surface area contributed by atoms with Crippen LogP contribution < -0.4 is 4.74 Å². The maximum Gasteiger partial charge on any atom is 0.182 e. The van der Waals surface area contributed by atoms with Crippen LogP contribution >= 0.6 is 11.6 Å². The Bertz CT molecular complexity index is 1280. The van der Waals surface area contributed by atoms with Crippen molar-refractivity contribution < 1.29 is 13.7 Å². The molecule has 0 saturated carbocycles. The van der Waals surface area contributed by atoms with Gasteiger partial charge in [0.15, 0.2) is 17.4 Å². The zero-order valence-corrected chi connectivity index (χ0v) is 17.9. The van der Waals surface area contributed by atoms with Crippen molar-refractivity contribution >= 4 is 22.7 Å². The van der Waals surface area contributed by atoms with Crippen molar-refractivity contribution in [3.05, 3.63) is 58.4 Å². The van der Waals surface area contributed by atoms with Gasteiger partial charge in [-0.2, -0.15) is 0 Å². The molecule has 0 radical (unpaired) electrons. The molecule has 8 heteroatoms. The van der Waals surface area contributed by atoms with Crippen LogP contribution in [0.15, 0.2) is 39.7 Å². The molecule has 1 unspecified atom stereocenters. The molecule has 0 N–H and O–H groups in total. The Kier molecular flexibility index (Phi) is 4.47. The van der Waals surface area contributed by atoms with E-state index in [9.17, 15) is 0 Å². The van der Waals surface area contributed by atoms with Gasteiger partial charge < -0.3 is 13.7 Å². The number of hydrogen-bond donors (Lipinski definition) is 0. The summed E-state index contributed by atoms with van der Waals surface area (Å²) in [5.74, 6) is 1.58. The first kappa shape index (κ1) is 18.8. The molecular formula is C23H21ClN4O3. The summed E-state index contributed by atoms with van der Waals surface area (Å²) in [5, 5.41) is 4.98. The van der Waals surface area contributed by atoms with Gasteiger partial charge in [0.05, 0.1) is 12.0 Å². The van der Waals surface area contributed by atoms with Gasteiger partial charge in [0.1, 0.15) is 23.3 Å². The monoisotopic (exact) mass is 436 g/mol. The lowest BCUT2D eigenvalue weighted by Crippen LogP contribution is -2.31. The third-order valence-corrected chi connectivity index (χ3v) is 6.29. The summed E-state index contributed by atoms with van der Waals surface area (Å²) in [7, 11) is 0. The highest BCUT2D eigenvalue weighted by atomic mass is 35.5. The van der Waals surface area contributed by atoms with Crippen LogP contribution in [-0.4, -0.2) is 33.1 Å². The maximum atomic E-state index is 6.47. The van der Waals surface area contributed by atoms with Gasteiger partial charge >= 0.3 is 0 Å². The quantitative estimate of drug-likeness (QED) is 0.446. The van der Waals surface area contributed by atoms with Gasteiger partial charge in [-0.3, -0.25) is 4.90 Å². The number of ether oxygens (including phenoxy) is 1. The number of nitrogens with zero attached hydrogens (tertiary/aromatic N) is 4. The fourth-order valence-electron chi connectivity index (χ4n) is 4.68. The Morgan fingerprint density at radius 3 is 3.10 bits per heavy atom. The minimum Gasteiger partial charge on any atom is -0.481 e. The number of fused-ring (bicyclic) bond motifs is 3. The number of hydrogen-bond acceptors (Lipinski definition) is 7. The molecule has 0 aliphatic carbocycles. The second-order valence-corrected chi connectivity index (χ2v) is 8.54. The first-order valence-corrected chi connectivity index (χ1v) is 11.0. The molecular weight excluding hydrogens is 416 g/mol. The van der Waals surface area contributed by atoms with E-state index in [0.717, 1.165) is 66.3 Å². The van der Waals surface area contributed by atoms with E-state index >= 15 is 0 Å². The summed E-state index contributed by atoms with van der Waals surface area (Å²) >= 11 is 6.47. The van der Waals surface area contributed by atoms with Crippen LogP contribution in [0.1, 0.15) is 42.0 Å². The van der Waals surface area contributed by atoms with Crippen molar-refractivity contribution in [1.82, 2.24) is 20.0 Å². The number of furan rings is 1. The molecule has 0 saturated heterocycles. The second kappa shape index (κ2) is 7.35. The highest BCUT2D eigenvalue weighted by Crippen LogP contribution is 2.46. The van der Waals surface area contributed by atoms with Crippen LogP contribution in [0.4, 0.5) is 0 Å². The van der Waals surface area contributed by atoms with E-state index in [4.69, 9.17) is 25.3 Å². The van der Waals surface area contributed by atoms with Gasteiger partial charge in [0.25, 0.3) is 0 Å². The number of aromatic nitrogens is 3. The van der Waals surface area contributed by atoms with Gasteiger partial charge in [-0.05, 0) is 25.1 Å². The van der Waals surface area contributed by atoms with E-state index in [0.29, 0.717) is 22.7 Å². The lowest BCUT2D eigenvalue weighted by atomic mass is 9.99. The van der Waals surface area contributed by atoms with Crippen LogP contribution in [-0.2, 0) is 19.4 Å². The Balaban J connectivity index is 1.39. The molecule has 5 heterocycles. The van der Waals surface area contributed by atoms with Crippen LogP contribution in [0.3, 0.4) is 0 Å². The molecule has 1 aromatic carbocycles. The summed E-state index contributed by atoms with van der Waals surface area (Å²) in [6, 6.07) is 5.64. The molecule has 0 bridgehead atoms. The van der Waals surface area contributed by atoms with Crippen molar-refractivity contribution in [2.24, 2.45) is 0 Å². The molecule has 2 aliphatic rings. The summed E-state index contributed by atoms with van der Waals surface area (Å²) in [5.41, 5.74) is 6.07. The molecule has 7 nitrogen and oxygen atoms in total. The van der Waals surface area contributed by atoms with E-state index in [1.165, 1.54) is 11.9 Å². The highest BCUT2D eigenvalue weighted by molar-refractivity contribution is 6.31. The van der Waals surface area contributed by atoms with Crippen LogP contribution in [0, 0.1) is 0 Å². The maximum absolute atomic E-state index is 6.47. The average Bonchev–Trinajstić information content (AvgIpc) is 3.50. The predicted octanol–water partition coefficient (Wildman–Crippen LogP) is 4.98. The standard InChI is InChI=1S/C23H21ClN4O3/c1-2-5-28-6-3-17-16(11-28)22(31-27-17)19-9-13-8-14(24)10-15(21(13)30-19)20-23-18(4-7-29-23)25-12-26-20/h4,7-8,10,12,19H,2-3,5-6,9,11H2,1H3. The van der Waals surface area contributed by atoms with Gasteiger partial charge in [0, 0.05) is 53.7 Å². The summed E-state index contributed by atoms with van der Waals surface area (Å²) in [6.45, 7) is 5.15. The smallest absolute Gasteiger partial charge is 0.182 e. The van der Waals surface area contributed by atoms with Gasteiger partial charge in [-0.1, -0.05) is 23.7 Å². The lowest BCUT2D eigenvalue weighted by molar-refractivity contribution is 0.186. The Labute approximate surface area is 184 Å². The number of halogens is 1. The van der Waals surface area contributed by atoms with Crippen LogP contribution in [0.5, 0.6) is 5.75 Å². The third kappa shape index (κ3) is 3.11. The molecule has 4 aromatic rings. The molecule has 3 aromatic heterocycles. The normalized spacial score (nSPS) is 18.2. The van der Waals surface area contributed by atoms with Gasteiger partial charge in [-0.25, -0.2) is 9.97 Å². The molecule has 0 spiro atoms. The molecule has 31 heavy (non-hydrogen) atoms. The molecule has 0 fully saturated rings. The van der Waals surface area contributed by atoms with Crippen molar-refractivity contribution in [3.8, 4) is 17.0 Å². The van der Waals surface area contributed by atoms with Crippen LogP contribution in [0.25, 0.3) is 22.4 Å². The van der Waals surface area contributed by atoms with Crippen molar-refractivity contribution in [2.45, 2.75) is 38.8 Å². The molecule has 6 rings (SSSR count). The Morgan fingerprint density at radius 1 is 1.26 bits per heavy atom. The Hall–Kier alpha value is -2.90. The predicted molar refractivity (Wildman–Crippen MR) is 115 cm³/mol. The van der Waals surface area contributed by atoms with Crippen molar-refractivity contribution in [3.63, 3.8) is 0 Å². The van der Waals surface area contributed by atoms with E-state index in [1.54, 1.807) is 6.26 Å². The SMILES string of the molecule is CCCN1CCc2noc(C3Cc4cc(Cl)cc(-c5ncnc6ccoc56)c4O3)c2C1. The van der Waals surface area contributed by atoms with Crippen molar-refractivity contribution in [1.29, 1.82) is 0 Å². The minimum atomic E-state index is -0.237. The molecule has 1 atom stereocenters. The Morgan fingerprint density at radius 2 is 2.19 bits per heavy atom. The minimum absolute atomic E-state index is 0.237. The second-order valence-electron chi connectivity index (χ2n) is 8.11. The third-order valence-electron chi connectivity index (χ3n) is 6.07. The first-order chi connectivity index (χ1) is 15.2. The summed E-state index contributed by atoms with van der Waals surface area (Å²) in [4.78, 5) is 11.2. The van der Waals surface area contributed by atoms with Crippen LogP contribution in [0.2, 0.25) is 5.02 Å². The topological polar surface area (TPSA) is 77.4 Å². The first-order valence-electron chi connectivity index (χ1n) is 10.6. The van der Waals surface area contributed by atoms with E-state index in [1.807, 2.05) is 18.2 Å². The zero-order chi connectivity index (χ0) is 20.9. The van der Waals surface area contributed by atoms with E-state index in [2.05, 4.69) is 26.9 Å². The fourth-order valence-corrected chi connectivity index (χ4v) is 4.92. The zero-order valence-electron chi connectivity index (χ0n) is 17.1. The molecule has 2 aliphatic heterocycles. The largest absolute Gasteiger partial charge is 0.481 e. The summed E-state index contributed by atoms with van der Waals surface area (Å²) < 4.78 is 17.9. The lowest BCUT2D eigenvalue weighted by Gasteiger charge is -2.26. The fraction of sp³-hybridized carbons (Fsp3) is 0.348. The highest BCUT2D eigenvalue weighted by Gasteiger charge is 2.35. The van der Waals surface area contributed by atoms with E-state index < -0.39 is 0 Å². The number of rotatable bonds is 4. The number of benzene rings is 1. The van der Waals surface area contributed by atoms with Gasteiger partial charge in [-0.15, -0.1) is 0 Å². The van der Waals surface area contributed by atoms with Gasteiger partial charge in [0.2, 0.25) is 0 Å². The molecule has 158 valence electrons. The summed E-state index contributed by atoms with van der Waals surface area (Å²) in [6.07, 6.45) is 5.61. The average molecular weight is 437 g/mol. The molecule has 0 amide bonds. The van der Waals surface area contributed by atoms with Crippen molar-refractivity contribution in [2.75, 3.05) is 13.1 Å².